The van der Waals surface area contributed by atoms with Crippen LogP contribution >= 0.6 is 11.6 Å². The van der Waals surface area contributed by atoms with Crippen LogP contribution in [0, 0.1) is 0 Å². The van der Waals surface area contributed by atoms with Gasteiger partial charge in [-0.1, -0.05) is 0 Å². The van der Waals surface area contributed by atoms with Crippen molar-refractivity contribution in [3.05, 3.63) is 29.5 Å². The summed E-state index contributed by atoms with van der Waals surface area (Å²) in [4.78, 5) is 11.6. The summed E-state index contributed by atoms with van der Waals surface area (Å²) in [6.07, 6.45) is 0. The number of aromatic nitrogens is 3. The van der Waals surface area contributed by atoms with E-state index in [9.17, 15) is 0 Å². The number of halogens is 1. The Morgan fingerprint density at radius 3 is 2.33 bits per heavy atom. The molecule has 0 saturated carbocycles. The molecule has 24 heavy (non-hydrogen) atoms. The summed E-state index contributed by atoms with van der Waals surface area (Å²) in [6.45, 7) is 8.37. The first-order valence-electron chi connectivity index (χ1n) is 7.57. The number of hydrogen-bond donors (Lipinski definition) is 2. The molecule has 130 valence electrons. The lowest BCUT2D eigenvalue weighted by molar-refractivity contribution is 0.131. The van der Waals surface area contributed by atoms with Crippen LogP contribution in [0.3, 0.4) is 0 Å². The summed E-state index contributed by atoms with van der Waals surface area (Å²) in [5.41, 5.74) is 5.30. The van der Waals surface area contributed by atoms with Crippen LogP contribution in [0.25, 0.3) is 0 Å². The lowest BCUT2D eigenvalue weighted by Crippen LogP contribution is -2.25. The summed E-state index contributed by atoms with van der Waals surface area (Å²) in [5.74, 6) is 1.94. The minimum Gasteiger partial charge on any atom is -0.491 e. The predicted octanol–water partition coefficient (Wildman–Crippen LogP) is 3.16. The summed E-state index contributed by atoms with van der Waals surface area (Å²) in [6, 6.07) is 7.45. The molecule has 0 radical (unpaired) electrons. The van der Waals surface area contributed by atoms with E-state index in [4.69, 9.17) is 26.8 Å². The van der Waals surface area contributed by atoms with Crippen molar-refractivity contribution >= 4 is 23.5 Å². The Morgan fingerprint density at radius 2 is 1.75 bits per heavy atom. The van der Waals surface area contributed by atoms with Crippen LogP contribution in [0.2, 0.25) is 5.28 Å². The SMILES string of the molecule is CC(COc1ccc(OC(C)(C)C)cc1)Nc1nc(N)nc(Cl)n1. The first-order chi connectivity index (χ1) is 11.2. The van der Waals surface area contributed by atoms with E-state index in [0.29, 0.717) is 12.6 Å². The molecular formula is C16H22ClN5O2. The Labute approximate surface area is 146 Å². The molecule has 1 atom stereocenters. The lowest BCUT2D eigenvalue weighted by atomic mass is 10.2. The van der Waals surface area contributed by atoms with E-state index in [1.807, 2.05) is 52.0 Å². The highest BCUT2D eigenvalue weighted by Crippen LogP contribution is 2.21. The van der Waals surface area contributed by atoms with E-state index in [-0.39, 0.29) is 22.9 Å². The number of nitrogen functional groups attached to an aromatic ring is 1. The Morgan fingerprint density at radius 1 is 1.12 bits per heavy atom. The highest BCUT2D eigenvalue weighted by molar-refractivity contribution is 6.28. The maximum atomic E-state index is 5.77. The fourth-order valence-corrected chi connectivity index (χ4v) is 2.04. The van der Waals surface area contributed by atoms with Crippen molar-refractivity contribution < 1.29 is 9.47 Å². The molecule has 2 rings (SSSR count). The normalized spacial score (nSPS) is 12.5. The number of nitrogens with one attached hydrogen (secondary N) is 1. The van der Waals surface area contributed by atoms with E-state index in [1.54, 1.807) is 0 Å². The van der Waals surface area contributed by atoms with Crippen LogP contribution in [0.5, 0.6) is 11.5 Å². The fourth-order valence-electron chi connectivity index (χ4n) is 1.87. The number of ether oxygens (including phenoxy) is 2. The molecule has 1 aromatic carbocycles. The maximum Gasteiger partial charge on any atom is 0.229 e. The van der Waals surface area contributed by atoms with Crippen molar-refractivity contribution in [2.75, 3.05) is 17.7 Å². The second-order valence-corrected chi connectivity index (χ2v) is 6.67. The third-order valence-corrected chi connectivity index (χ3v) is 2.92. The average molecular weight is 352 g/mol. The van der Waals surface area contributed by atoms with Gasteiger partial charge in [0.1, 0.15) is 23.7 Å². The maximum absolute atomic E-state index is 5.77. The zero-order valence-electron chi connectivity index (χ0n) is 14.2. The van der Waals surface area contributed by atoms with Crippen LogP contribution in [0.15, 0.2) is 24.3 Å². The third kappa shape index (κ3) is 6.08. The zero-order valence-corrected chi connectivity index (χ0v) is 15.0. The largest absolute Gasteiger partial charge is 0.491 e. The van der Waals surface area contributed by atoms with Gasteiger partial charge in [-0.2, -0.15) is 15.0 Å². The Kier molecular flexibility index (Phi) is 5.66. The number of hydrogen-bond acceptors (Lipinski definition) is 7. The van der Waals surface area contributed by atoms with E-state index >= 15 is 0 Å². The van der Waals surface area contributed by atoms with Gasteiger partial charge in [0.25, 0.3) is 0 Å². The molecule has 0 saturated heterocycles. The van der Waals surface area contributed by atoms with Crippen molar-refractivity contribution in [2.24, 2.45) is 0 Å². The minimum atomic E-state index is -0.228. The number of nitrogens with two attached hydrogens (primary N) is 1. The molecule has 1 unspecified atom stereocenters. The standard InChI is InChI=1S/C16H22ClN5O2/c1-10(19-15-21-13(17)20-14(18)22-15)9-23-11-5-7-12(8-6-11)24-16(2,3)4/h5-8,10H,9H2,1-4H3,(H3,18,19,20,21,22). The Hall–Kier alpha value is -2.28. The van der Waals surface area contributed by atoms with Crippen LogP contribution in [0.4, 0.5) is 11.9 Å². The summed E-state index contributed by atoms with van der Waals surface area (Å²) in [7, 11) is 0. The predicted molar refractivity (Wildman–Crippen MR) is 94.7 cm³/mol. The molecule has 1 heterocycles. The van der Waals surface area contributed by atoms with Crippen LogP contribution in [-0.2, 0) is 0 Å². The molecule has 3 N–H and O–H groups in total. The van der Waals surface area contributed by atoms with Crippen molar-refractivity contribution in [1.29, 1.82) is 0 Å². The fraction of sp³-hybridized carbons (Fsp3) is 0.438. The van der Waals surface area contributed by atoms with Crippen LogP contribution < -0.4 is 20.5 Å². The summed E-state index contributed by atoms with van der Waals surface area (Å²) >= 11 is 5.74. The smallest absolute Gasteiger partial charge is 0.229 e. The summed E-state index contributed by atoms with van der Waals surface area (Å²) in [5, 5.41) is 3.11. The average Bonchev–Trinajstić information content (AvgIpc) is 2.44. The van der Waals surface area contributed by atoms with Crippen molar-refractivity contribution in [2.45, 2.75) is 39.3 Å². The van der Waals surface area contributed by atoms with E-state index in [1.165, 1.54) is 0 Å². The van der Waals surface area contributed by atoms with E-state index in [0.717, 1.165) is 11.5 Å². The molecule has 0 aliphatic heterocycles. The quantitative estimate of drug-likeness (QED) is 0.825. The molecular weight excluding hydrogens is 330 g/mol. The highest BCUT2D eigenvalue weighted by atomic mass is 35.5. The highest BCUT2D eigenvalue weighted by Gasteiger charge is 2.12. The third-order valence-electron chi connectivity index (χ3n) is 2.75. The van der Waals surface area contributed by atoms with Gasteiger partial charge in [0.15, 0.2) is 0 Å². The number of anilines is 2. The van der Waals surface area contributed by atoms with Gasteiger partial charge in [0.2, 0.25) is 17.2 Å². The van der Waals surface area contributed by atoms with Gasteiger partial charge in [0.05, 0.1) is 6.04 Å². The van der Waals surface area contributed by atoms with Gasteiger partial charge < -0.3 is 20.5 Å². The van der Waals surface area contributed by atoms with E-state index in [2.05, 4.69) is 20.3 Å². The van der Waals surface area contributed by atoms with Crippen molar-refractivity contribution in [1.82, 2.24) is 15.0 Å². The molecule has 0 bridgehead atoms. The first kappa shape index (κ1) is 18.1. The van der Waals surface area contributed by atoms with Gasteiger partial charge in [-0.25, -0.2) is 0 Å². The number of rotatable bonds is 6. The molecule has 1 aromatic heterocycles. The monoisotopic (exact) mass is 351 g/mol. The van der Waals surface area contributed by atoms with Gasteiger partial charge in [-0.05, 0) is 63.6 Å². The Balaban J connectivity index is 1.86. The van der Waals surface area contributed by atoms with Gasteiger partial charge in [-0.3, -0.25) is 0 Å². The van der Waals surface area contributed by atoms with E-state index < -0.39 is 0 Å². The second-order valence-electron chi connectivity index (χ2n) is 6.33. The lowest BCUT2D eigenvalue weighted by Gasteiger charge is -2.21. The van der Waals surface area contributed by atoms with Crippen molar-refractivity contribution in [3.8, 4) is 11.5 Å². The van der Waals surface area contributed by atoms with Crippen molar-refractivity contribution in [3.63, 3.8) is 0 Å². The molecule has 0 spiro atoms. The van der Waals surface area contributed by atoms with Gasteiger partial charge in [0, 0.05) is 0 Å². The first-order valence-corrected chi connectivity index (χ1v) is 7.94. The zero-order chi connectivity index (χ0) is 17.7. The molecule has 0 aliphatic carbocycles. The van der Waals surface area contributed by atoms with Gasteiger partial charge in [-0.15, -0.1) is 0 Å². The molecule has 7 nitrogen and oxygen atoms in total. The van der Waals surface area contributed by atoms with Crippen LogP contribution in [0.1, 0.15) is 27.7 Å². The molecule has 8 heteroatoms. The Bertz CT molecular complexity index is 653. The minimum absolute atomic E-state index is 0.0478. The molecule has 2 aromatic rings. The topological polar surface area (TPSA) is 95.2 Å². The molecule has 0 amide bonds. The summed E-state index contributed by atoms with van der Waals surface area (Å²) < 4.78 is 11.5. The second kappa shape index (κ2) is 7.53. The van der Waals surface area contributed by atoms with Gasteiger partial charge >= 0.3 is 0 Å². The number of nitrogens with zero attached hydrogens (tertiary/aromatic N) is 3. The molecule has 0 fully saturated rings. The molecule has 0 aliphatic rings. The number of benzene rings is 1. The van der Waals surface area contributed by atoms with Crippen LogP contribution in [-0.4, -0.2) is 33.2 Å².